The van der Waals surface area contributed by atoms with E-state index in [1.807, 2.05) is 48.8 Å². The number of aliphatic hydroxyl groups excluding tert-OH is 1. The summed E-state index contributed by atoms with van der Waals surface area (Å²) >= 11 is 1.90. The number of nitrogens with zero attached hydrogens (tertiary/aromatic N) is 1. The summed E-state index contributed by atoms with van der Waals surface area (Å²) in [5.41, 5.74) is 2.56. The van der Waals surface area contributed by atoms with Crippen molar-refractivity contribution in [2.75, 3.05) is 25.2 Å². The Labute approximate surface area is 130 Å². The quantitative estimate of drug-likeness (QED) is 0.871. The highest BCUT2D eigenvalue weighted by Crippen LogP contribution is 2.23. The van der Waals surface area contributed by atoms with Gasteiger partial charge in [-0.2, -0.15) is 11.8 Å². The molecule has 0 bridgehead atoms. The molecule has 1 amide bonds. The van der Waals surface area contributed by atoms with Gasteiger partial charge in [-0.15, -0.1) is 0 Å². The molecule has 112 valence electrons. The SMILES string of the molecule is Cc1cc(C#CCCO)cc(C(=O)N(C)C2CCSC2)c1. The van der Waals surface area contributed by atoms with E-state index in [2.05, 4.69) is 11.8 Å². The van der Waals surface area contributed by atoms with Crippen molar-refractivity contribution in [3.63, 3.8) is 0 Å². The van der Waals surface area contributed by atoms with Crippen LogP contribution in [-0.4, -0.2) is 47.1 Å². The lowest BCUT2D eigenvalue weighted by molar-refractivity contribution is 0.0747. The molecular weight excluding hydrogens is 282 g/mol. The topological polar surface area (TPSA) is 40.5 Å². The molecule has 1 fully saturated rings. The third-order valence-corrected chi connectivity index (χ3v) is 4.71. The fourth-order valence-corrected chi connectivity index (χ4v) is 3.66. The molecule has 0 radical (unpaired) electrons. The summed E-state index contributed by atoms with van der Waals surface area (Å²) in [4.78, 5) is 14.5. The van der Waals surface area contributed by atoms with Gasteiger partial charge in [-0.25, -0.2) is 0 Å². The van der Waals surface area contributed by atoms with Crippen molar-refractivity contribution in [3.05, 3.63) is 34.9 Å². The van der Waals surface area contributed by atoms with Crippen LogP contribution in [0.25, 0.3) is 0 Å². The van der Waals surface area contributed by atoms with E-state index in [0.717, 1.165) is 29.1 Å². The fraction of sp³-hybridized carbons (Fsp3) is 0.471. The highest BCUT2D eigenvalue weighted by molar-refractivity contribution is 7.99. The summed E-state index contributed by atoms with van der Waals surface area (Å²) in [5.74, 6) is 8.13. The van der Waals surface area contributed by atoms with E-state index in [9.17, 15) is 4.79 Å². The molecule has 1 N–H and O–H groups in total. The van der Waals surface area contributed by atoms with Crippen LogP contribution < -0.4 is 0 Å². The van der Waals surface area contributed by atoms with Crippen LogP contribution >= 0.6 is 11.8 Å². The fourth-order valence-electron chi connectivity index (χ4n) is 2.40. The van der Waals surface area contributed by atoms with Crippen molar-refractivity contribution in [3.8, 4) is 11.8 Å². The van der Waals surface area contributed by atoms with Crippen LogP contribution in [0.1, 0.15) is 34.3 Å². The number of carbonyl (C=O) groups excluding carboxylic acids is 1. The summed E-state index contributed by atoms with van der Waals surface area (Å²) in [6.45, 7) is 2.03. The van der Waals surface area contributed by atoms with Gasteiger partial charge in [0, 0.05) is 36.4 Å². The zero-order chi connectivity index (χ0) is 15.2. The number of amides is 1. The standard InChI is InChI=1S/C17H21NO2S/c1-13-9-14(5-3-4-7-19)11-15(10-13)17(20)18(2)16-6-8-21-12-16/h9-11,16,19H,4,6-8,12H2,1-2H3. The van der Waals surface area contributed by atoms with Gasteiger partial charge in [0.05, 0.1) is 6.61 Å². The predicted molar refractivity (Wildman–Crippen MR) is 87.6 cm³/mol. The van der Waals surface area contributed by atoms with Crippen molar-refractivity contribution in [1.82, 2.24) is 4.90 Å². The average molecular weight is 303 g/mol. The Morgan fingerprint density at radius 3 is 2.95 bits per heavy atom. The van der Waals surface area contributed by atoms with Crippen LogP contribution in [0, 0.1) is 18.8 Å². The molecule has 0 spiro atoms. The lowest BCUT2D eigenvalue weighted by Gasteiger charge is -2.24. The molecule has 2 rings (SSSR count). The van der Waals surface area contributed by atoms with Gasteiger partial charge in [0.25, 0.3) is 5.91 Å². The van der Waals surface area contributed by atoms with Gasteiger partial charge >= 0.3 is 0 Å². The van der Waals surface area contributed by atoms with E-state index in [-0.39, 0.29) is 12.5 Å². The Hall–Kier alpha value is -1.44. The number of hydrogen-bond acceptors (Lipinski definition) is 3. The molecule has 1 atom stereocenters. The number of carbonyl (C=O) groups is 1. The Bertz CT molecular complexity index is 568. The molecule has 1 aliphatic rings. The van der Waals surface area contributed by atoms with E-state index >= 15 is 0 Å². The number of hydrogen-bond donors (Lipinski definition) is 1. The maximum atomic E-state index is 12.6. The van der Waals surface area contributed by atoms with Crippen LogP contribution in [0.15, 0.2) is 18.2 Å². The number of thioether (sulfide) groups is 1. The molecule has 1 aromatic carbocycles. The summed E-state index contributed by atoms with van der Waals surface area (Å²) in [7, 11) is 1.89. The van der Waals surface area contributed by atoms with Crippen LogP contribution in [0.4, 0.5) is 0 Å². The lowest BCUT2D eigenvalue weighted by Crippen LogP contribution is -2.37. The molecule has 21 heavy (non-hydrogen) atoms. The van der Waals surface area contributed by atoms with Gasteiger partial charge in [0.1, 0.15) is 0 Å². The molecule has 1 aliphatic heterocycles. The maximum absolute atomic E-state index is 12.6. The van der Waals surface area contributed by atoms with Crippen LogP contribution in [0.2, 0.25) is 0 Å². The first kappa shape index (κ1) is 15.9. The summed E-state index contributed by atoms with van der Waals surface area (Å²) in [6, 6.07) is 6.06. The van der Waals surface area contributed by atoms with Crippen molar-refractivity contribution >= 4 is 17.7 Å². The van der Waals surface area contributed by atoms with Crippen molar-refractivity contribution in [1.29, 1.82) is 0 Å². The van der Waals surface area contributed by atoms with Crippen LogP contribution in [-0.2, 0) is 0 Å². The molecule has 0 aromatic heterocycles. The molecule has 3 nitrogen and oxygen atoms in total. The predicted octanol–water partition coefficient (Wildman–Crippen LogP) is 2.31. The highest BCUT2D eigenvalue weighted by atomic mass is 32.2. The number of aryl methyl sites for hydroxylation is 1. The van der Waals surface area contributed by atoms with E-state index in [1.54, 1.807) is 0 Å². The van der Waals surface area contributed by atoms with E-state index in [4.69, 9.17) is 5.11 Å². The minimum atomic E-state index is 0.0622. The van der Waals surface area contributed by atoms with E-state index in [1.165, 1.54) is 0 Å². The summed E-state index contributed by atoms with van der Waals surface area (Å²) < 4.78 is 0. The number of rotatable bonds is 3. The Morgan fingerprint density at radius 1 is 1.48 bits per heavy atom. The minimum absolute atomic E-state index is 0.0622. The van der Waals surface area contributed by atoms with Crippen LogP contribution in [0.5, 0.6) is 0 Å². The second-order valence-electron chi connectivity index (χ2n) is 5.30. The molecular formula is C17H21NO2S. The molecule has 1 unspecified atom stereocenters. The normalized spacial score (nSPS) is 17.2. The van der Waals surface area contributed by atoms with Crippen molar-refractivity contribution in [2.24, 2.45) is 0 Å². The zero-order valence-electron chi connectivity index (χ0n) is 12.6. The third-order valence-electron chi connectivity index (χ3n) is 3.57. The number of benzene rings is 1. The van der Waals surface area contributed by atoms with Gasteiger partial charge in [-0.1, -0.05) is 11.8 Å². The van der Waals surface area contributed by atoms with E-state index in [0.29, 0.717) is 18.0 Å². The van der Waals surface area contributed by atoms with Gasteiger partial charge in [0.2, 0.25) is 0 Å². The molecule has 4 heteroatoms. The summed E-state index contributed by atoms with van der Waals surface area (Å²) in [6.07, 6.45) is 1.53. The zero-order valence-corrected chi connectivity index (χ0v) is 13.4. The monoisotopic (exact) mass is 303 g/mol. The molecule has 1 saturated heterocycles. The van der Waals surface area contributed by atoms with E-state index < -0.39 is 0 Å². The van der Waals surface area contributed by atoms with Gasteiger partial charge in [-0.05, 0) is 42.9 Å². The minimum Gasteiger partial charge on any atom is -0.395 e. The first-order valence-corrected chi connectivity index (χ1v) is 8.33. The van der Waals surface area contributed by atoms with Gasteiger partial charge in [-0.3, -0.25) is 4.79 Å². The molecule has 1 heterocycles. The Kier molecular flexibility index (Phi) is 5.72. The number of aliphatic hydroxyl groups is 1. The third kappa shape index (κ3) is 4.26. The van der Waals surface area contributed by atoms with Crippen molar-refractivity contribution < 1.29 is 9.90 Å². The lowest BCUT2D eigenvalue weighted by atomic mass is 10.0. The molecule has 1 aromatic rings. The van der Waals surface area contributed by atoms with Crippen LogP contribution in [0.3, 0.4) is 0 Å². The van der Waals surface area contributed by atoms with Gasteiger partial charge in [0.15, 0.2) is 0 Å². The highest BCUT2D eigenvalue weighted by Gasteiger charge is 2.24. The first-order valence-electron chi connectivity index (χ1n) is 7.18. The largest absolute Gasteiger partial charge is 0.395 e. The molecule has 0 aliphatic carbocycles. The summed E-state index contributed by atoms with van der Waals surface area (Å²) in [5, 5.41) is 8.77. The average Bonchev–Trinajstić information content (AvgIpc) is 2.99. The Morgan fingerprint density at radius 2 is 2.29 bits per heavy atom. The smallest absolute Gasteiger partial charge is 0.253 e. The first-order chi connectivity index (χ1) is 10.1. The Balaban J connectivity index is 2.18. The van der Waals surface area contributed by atoms with Crippen molar-refractivity contribution in [2.45, 2.75) is 25.8 Å². The maximum Gasteiger partial charge on any atom is 0.253 e. The second kappa shape index (κ2) is 7.53. The molecule has 0 saturated carbocycles. The van der Waals surface area contributed by atoms with Gasteiger partial charge < -0.3 is 10.0 Å². The second-order valence-corrected chi connectivity index (χ2v) is 6.45.